The summed E-state index contributed by atoms with van der Waals surface area (Å²) in [6.07, 6.45) is 2.54. The van der Waals surface area contributed by atoms with E-state index in [-0.39, 0.29) is 10.0 Å². The van der Waals surface area contributed by atoms with Gasteiger partial charge in [-0.1, -0.05) is 11.6 Å². The lowest BCUT2D eigenvalue weighted by Gasteiger charge is -2.00. The topological polar surface area (TPSA) is 59.9 Å². The number of halogens is 1. The van der Waals surface area contributed by atoms with E-state index in [0.29, 0.717) is 11.0 Å². The van der Waals surface area contributed by atoms with Gasteiger partial charge in [-0.05, 0) is 18.2 Å². The largest absolute Gasteiger partial charge is 0.251 e. The van der Waals surface area contributed by atoms with Crippen molar-refractivity contribution in [3.63, 3.8) is 0 Å². The Morgan fingerprint density at radius 2 is 2.00 bits per heavy atom. The number of sulfone groups is 1. The first kappa shape index (κ1) is 10.3. The molecule has 0 aliphatic rings. The molecule has 0 spiro atoms. The summed E-state index contributed by atoms with van der Waals surface area (Å²) in [6, 6.07) is 4.56. The number of hydrogen-bond donors (Lipinski definition) is 0. The summed E-state index contributed by atoms with van der Waals surface area (Å²) < 4.78 is 22.5. The molecule has 0 aliphatic carbocycles. The second-order valence-corrected chi connectivity index (χ2v) is 5.52. The molecule has 15 heavy (non-hydrogen) atoms. The number of aromatic nitrogens is 2. The van der Waals surface area contributed by atoms with Crippen molar-refractivity contribution < 1.29 is 8.42 Å². The van der Waals surface area contributed by atoms with E-state index in [4.69, 9.17) is 11.6 Å². The molecule has 1 aromatic heterocycles. The van der Waals surface area contributed by atoms with Gasteiger partial charge in [-0.15, -0.1) is 0 Å². The van der Waals surface area contributed by atoms with Crippen LogP contribution in [0.4, 0.5) is 0 Å². The third-order valence-corrected chi connectivity index (χ3v) is 3.20. The second-order valence-electron chi connectivity index (χ2n) is 3.12. The molecule has 1 aromatic carbocycles. The van der Waals surface area contributed by atoms with Crippen LogP contribution in [0.3, 0.4) is 0 Å². The van der Waals surface area contributed by atoms with Gasteiger partial charge in [0.05, 0.1) is 22.1 Å². The molecule has 0 unspecified atom stereocenters. The van der Waals surface area contributed by atoms with Crippen LogP contribution in [0, 0.1) is 0 Å². The highest BCUT2D eigenvalue weighted by Gasteiger charge is 2.08. The minimum atomic E-state index is -3.21. The monoisotopic (exact) mass is 242 g/mol. The van der Waals surface area contributed by atoms with E-state index in [9.17, 15) is 8.42 Å². The van der Waals surface area contributed by atoms with Crippen LogP contribution in [-0.4, -0.2) is 24.6 Å². The maximum Gasteiger partial charge on any atom is 0.175 e. The van der Waals surface area contributed by atoms with Gasteiger partial charge in [0.15, 0.2) is 9.84 Å². The molecule has 0 saturated heterocycles. The Morgan fingerprint density at radius 3 is 2.67 bits per heavy atom. The lowest BCUT2D eigenvalue weighted by Crippen LogP contribution is -1.97. The maximum atomic E-state index is 11.3. The molecule has 0 radical (unpaired) electrons. The number of nitrogens with zero attached hydrogens (tertiary/aromatic N) is 2. The Balaban J connectivity index is 2.73. The average Bonchev–Trinajstić information content (AvgIpc) is 2.15. The standard InChI is InChI=1S/C9H7ClN2O2S/c1-15(13,14)6-2-3-7-8(4-6)11-5-9(10)12-7/h2-5H,1H3. The summed E-state index contributed by atoms with van der Waals surface area (Å²) in [5.41, 5.74) is 1.09. The summed E-state index contributed by atoms with van der Waals surface area (Å²) in [5, 5.41) is 0.287. The molecule has 2 aromatic rings. The molecule has 0 atom stereocenters. The highest BCUT2D eigenvalue weighted by Crippen LogP contribution is 2.17. The lowest BCUT2D eigenvalue weighted by atomic mass is 10.3. The van der Waals surface area contributed by atoms with Gasteiger partial charge in [0, 0.05) is 6.26 Å². The first-order chi connectivity index (χ1) is 6.97. The molecule has 0 amide bonds. The van der Waals surface area contributed by atoms with Gasteiger partial charge in [0.1, 0.15) is 5.15 Å². The van der Waals surface area contributed by atoms with E-state index in [0.717, 1.165) is 6.26 Å². The molecular formula is C9H7ClN2O2S. The van der Waals surface area contributed by atoms with Crippen LogP contribution in [0.2, 0.25) is 5.15 Å². The molecule has 0 bridgehead atoms. The average molecular weight is 243 g/mol. The molecule has 0 N–H and O–H groups in total. The highest BCUT2D eigenvalue weighted by atomic mass is 35.5. The number of hydrogen-bond acceptors (Lipinski definition) is 4. The Morgan fingerprint density at radius 1 is 1.27 bits per heavy atom. The molecule has 0 aliphatic heterocycles. The number of rotatable bonds is 1. The van der Waals surface area contributed by atoms with Gasteiger partial charge in [-0.25, -0.2) is 13.4 Å². The molecule has 78 valence electrons. The smallest absolute Gasteiger partial charge is 0.175 e. The zero-order valence-corrected chi connectivity index (χ0v) is 9.38. The van der Waals surface area contributed by atoms with Crippen LogP contribution in [0.25, 0.3) is 11.0 Å². The van der Waals surface area contributed by atoms with Crippen molar-refractivity contribution in [3.8, 4) is 0 Å². The van der Waals surface area contributed by atoms with Crippen LogP contribution < -0.4 is 0 Å². The van der Waals surface area contributed by atoms with E-state index < -0.39 is 9.84 Å². The van der Waals surface area contributed by atoms with Gasteiger partial charge >= 0.3 is 0 Å². The van der Waals surface area contributed by atoms with Crippen LogP contribution in [-0.2, 0) is 9.84 Å². The van der Waals surface area contributed by atoms with Crippen molar-refractivity contribution in [3.05, 3.63) is 29.5 Å². The van der Waals surface area contributed by atoms with Crippen molar-refractivity contribution in [2.75, 3.05) is 6.26 Å². The zero-order valence-electron chi connectivity index (χ0n) is 7.81. The Kier molecular flexibility index (Phi) is 2.36. The fourth-order valence-electron chi connectivity index (χ4n) is 1.20. The van der Waals surface area contributed by atoms with Crippen LogP contribution in [0.15, 0.2) is 29.3 Å². The summed E-state index contributed by atoms with van der Waals surface area (Å²) in [7, 11) is -3.21. The Labute approximate surface area is 91.8 Å². The summed E-state index contributed by atoms with van der Waals surface area (Å²) in [5.74, 6) is 0. The van der Waals surface area contributed by atoms with Crippen molar-refractivity contribution in [2.45, 2.75) is 4.90 Å². The number of fused-ring (bicyclic) bond motifs is 1. The molecular weight excluding hydrogens is 236 g/mol. The Bertz CT molecular complexity index is 625. The minimum Gasteiger partial charge on any atom is -0.251 e. The van der Waals surface area contributed by atoms with Crippen molar-refractivity contribution in [1.82, 2.24) is 9.97 Å². The molecule has 4 nitrogen and oxygen atoms in total. The van der Waals surface area contributed by atoms with E-state index >= 15 is 0 Å². The quantitative estimate of drug-likeness (QED) is 0.764. The van der Waals surface area contributed by atoms with Crippen molar-refractivity contribution in [2.24, 2.45) is 0 Å². The predicted molar refractivity (Wildman–Crippen MR) is 57.7 cm³/mol. The minimum absolute atomic E-state index is 0.228. The lowest BCUT2D eigenvalue weighted by molar-refractivity contribution is 0.602. The molecule has 0 fully saturated rings. The van der Waals surface area contributed by atoms with E-state index in [1.54, 1.807) is 6.07 Å². The maximum absolute atomic E-state index is 11.3. The van der Waals surface area contributed by atoms with E-state index in [1.807, 2.05) is 0 Å². The van der Waals surface area contributed by atoms with E-state index in [1.165, 1.54) is 18.3 Å². The summed E-state index contributed by atoms with van der Waals surface area (Å²) in [4.78, 5) is 8.23. The molecule has 2 rings (SSSR count). The Hall–Kier alpha value is -1.20. The molecule has 6 heteroatoms. The summed E-state index contributed by atoms with van der Waals surface area (Å²) >= 11 is 5.66. The van der Waals surface area contributed by atoms with Crippen molar-refractivity contribution in [1.29, 1.82) is 0 Å². The first-order valence-electron chi connectivity index (χ1n) is 4.09. The normalized spacial score (nSPS) is 11.9. The summed E-state index contributed by atoms with van der Waals surface area (Å²) in [6.45, 7) is 0. The van der Waals surface area contributed by atoms with Gasteiger partial charge in [-0.2, -0.15) is 0 Å². The first-order valence-corrected chi connectivity index (χ1v) is 6.36. The third kappa shape index (κ3) is 2.08. The fourth-order valence-corrected chi connectivity index (χ4v) is 1.98. The van der Waals surface area contributed by atoms with Crippen LogP contribution in [0.5, 0.6) is 0 Å². The van der Waals surface area contributed by atoms with Crippen LogP contribution in [0.1, 0.15) is 0 Å². The number of benzene rings is 1. The van der Waals surface area contributed by atoms with Crippen molar-refractivity contribution >= 4 is 32.5 Å². The predicted octanol–water partition coefficient (Wildman–Crippen LogP) is 1.69. The zero-order chi connectivity index (χ0) is 11.1. The molecule has 1 heterocycles. The fraction of sp³-hybridized carbons (Fsp3) is 0.111. The van der Waals surface area contributed by atoms with Gasteiger partial charge < -0.3 is 0 Å². The molecule has 0 saturated carbocycles. The van der Waals surface area contributed by atoms with Gasteiger partial charge in [0.25, 0.3) is 0 Å². The van der Waals surface area contributed by atoms with E-state index in [2.05, 4.69) is 9.97 Å². The van der Waals surface area contributed by atoms with Crippen LogP contribution >= 0.6 is 11.6 Å². The SMILES string of the molecule is CS(=O)(=O)c1ccc2nc(Cl)cnc2c1. The van der Waals surface area contributed by atoms with Gasteiger partial charge in [0.2, 0.25) is 0 Å². The third-order valence-electron chi connectivity index (χ3n) is 1.91. The second kappa shape index (κ2) is 3.43. The highest BCUT2D eigenvalue weighted by molar-refractivity contribution is 7.90. The van der Waals surface area contributed by atoms with Gasteiger partial charge in [-0.3, -0.25) is 4.98 Å².